The fourth-order valence-corrected chi connectivity index (χ4v) is 2.66. The van der Waals surface area contributed by atoms with Crippen molar-refractivity contribution in [3.8, 4) is 5.75 Å². The smallest absolute Gasteiger partial charge is 0.343 e. The second kappa shape index (κ2) is 7.23. The Kier molecular flexibility index (Phi) is 4.86. The highest BCUT2D eigenvalue weighted by molar-refractivity contribution is 6.35. The van der Waals surface area contributed by atoms with Gasteiger partial charge in [-0.15, -0.1) is 0 Å². The van der Waals surface area contributed by atoms with Gasteiger partial charge in [0, 0.05) is 22.3 Å². The fraction of sp³-hybridized carbons (Fsp3) is 0.0526. The largest absolute Gasteiger partial charge is 0.422 e. The summed E-state index contributed by atoms with van der Waals surface area (Å²) < 4.78 is 5.52. The maximum atomic E-state index is 12.4. The summed E-state index contributed by atoms with van der Waals surface area (Å²) in [6.07, 6.45) is 0. The molecule has 0 saturated heterocycles. The number of carbonyl (C=O) groups is 2. The van der Waals surface area contributed by atoms with Crippen molar-refractivity contribution in [3.05, 3.63) is 76.8 Å². The molecule has 3 aromatic carbocycles. The zero-order chi connectivity index (χ0) is 17.8. The minimum Gasteiger partial charge on any atom is -0.422 e. The van der Waals surface area contributed by atoms with Gasteiger partial charge in [-0.3, -0.25) is 0 Å². The van der Waals surface area contributed by atoms with Crippen LogP contribution >= 0.6 is 11.6 Å². The van der Waals surface area contributed by atoms with E-state index in [1.54, 1.807) is 36.4 Å². The molecule has 0 saturated carbocycles. The van der Waals surface area contributed by atoms with E-state index in [1.807, 2.05) is 24.3 Å². The molecular weight excluding hydrogens is 340 g/mol. The summed E-state index contributed by atoms with van der Waals surface area (Å²) in [4.78, 5) is 23.1. The van der Waals surface area contributed by atoms with Gasteiger partial charge in [0.05, 0.1) is 5.56 Å². The van der Waals surface area contributed by atoms with E-state index in [0.717, 1.165) is 16.3 Å². The molecular formula is C19H15ClN2O3. The van der Waals surface area contributed by atoms with Gasteiger partial charge in [-0.1, -0.05) is 48.0 Å². The number of amides is 2. The highest BCUT2D eigenvalue weighted by Crippen LogP contribution is 2.31. The van der Waals surface area contributed by atoms with Crippen LogP contribution in [0.15, 0.2) is 60.7 Å². The SMILES string of the molecule is NC(=O)NCc1ccc(C(=O)Oc2ccc(Cl)c3ccccc23)cc1. The molecule has 25 heavy (non-hydrogen) atoms. The number of carbonyl (C=O) groups excluding carboxylic acids is 2. The number of fused-ring (bicyclic) bond motifs is 1. The molecule has 2 amide bonds. The molecule has 6 heteroatoms. The molecule has 0 radical (unpaired) electrons. The number of rotatable bonds is 4. The topological polar surface area (TPSA) is 81.4 Å². The van der Waals surface area contributed by atoms with Crippen molar-refractivity contribution in [2.24, 2.45) is 5.73 Å². The number of nitrogens with one attached hydrogen (secondary N) is 1. The van der Waals surface area contributed by atoms with Gasteiger partial charge >= 0.3 is 12.0 Å². The summed E-state index contributed by atoms with van der Waals surface area (Å²) in [6.45, 7) is 0.298. The average molecular weight is 355 g/mol. The van der Waals surface area contributed by atoms with Crippen molar-refractivity contribution < 1.29 is 14.3 Å². The molecule has 0 spiro atoms. The first-order chi connectivity index (χ1) is 12.0. The van der Waals surface area contributed by atoms with Gasteiger partial charge < -0.3 is 15.8 Å². The highest BCUT2D eigenvalue weighted by Gasteiger charge is 2.12. The van der Waals surface area contributed by atoms with E-state index in [0.29, 0.717) is 22.9 Å². The van der Waals surface area contributed by atoms with Crippen molar-refractivity contribution in [1.82, 2.24) is 5.32 Å². The Labute approximate surface area is 149 Å². The van der Waals surface area contributed by atoms with Crippen molar-refractivity contribution in [2.75, 3.05) is 0 Å². The van der Waals surface area contributed by atoms with Gasteiger partial charge in [-0.05, 0) is 29.8 Å². The van der Waals surface area contributed by atoms with E-state index in [1.165, 1.54) is 0 Å². The molecule has 0 heterocycles. The van der Waals surface area contributed by atoms with Gasteiger partial charge in [0.15, 0.2) is 0 Å². The second-order valence-electron chi connectivity index (χ2n) is 5.40. The molecule has 0 unspecified atom stereocenters. The van der Waals surface area contributed by atoms with E-state index >= 15 is 0 Å². The number of nitrogens with two attached hydrogens (primary N) is 1. The van der Waals surface area contributed by atoms with Crippen LogP contribution in [0.2, 0.25) is 5.02 Å². The van der Waals surface area contributed by atoms with Crippen LogP contribution in [0.3, 0.4) is 0 Å². The van der Waals surface area contributed by atoms with Crippen LogP contribution < -0.4 is 15.8 Å². The predicted molar refractivity (Wildman–Crippen MR) is 96.8 cm³/mol. The lowest BCUT2D eigenvalue weighted by atomic mass is 10.1. The zero-order valence-corrected chi connectivity index (χ0v) is 13.9. The van der Waals surface area contributed by atoms with Gasteiger partial charge in [-0.25, -0.2) is 9.59 Å². The normalized spacial score (nSPS) is 10.4. The average Bonchev–Trinajstić information content (AvgIpc) is 2.63. The molecule has 126 valence electrons. The molecule has 0 fully saturated rings. The summed E-state index contributed by atoms with van der Waals surface area (Å²) >= 11 is 6.17. The molecule has 0 aliphatic heterocycles. The van der Waals surface area contributed by atoms with Gasteiger partial charge in [0.2, 0.25) is 0 Å². The van der Waals surface area contributed by atoms with E-state index < -0.39 is 12.0 Å². The zero-order valence-electron chi connectivity index (χ0n) is 13.2. The number of esters is 1. The van der Waals surface area contributed by atoms with Crippen LogP contribution in [0.5, 0.6) is 5.75 Å². The van der Waals surface area contributed by atoms with Gasteiger partial charge in [-0.2, -0.15) is 0 Å². The Morgan fingerprint density at radius 1 is 0.960 bits per heavy atom. The third kappa shape index (κ3) is 3.89. The summed E-state index contributed by atoms with van der Waals surface area (Å²) in [5.74, 6) is -0.0219. The Morgan fingerprint density at radius 3 is 2.32 bits per heavy atom. The number of urea groups is 1. The number of primary amides is 1. The van der Waals surface area contributed by atoms with Crippen LogP contribution in [0.4, 0.5) is 4.79 Å². The van der Waals surface area contributed by atoms with Crippen LogP contribution in [0, 0.1) is 0 Å². The van der Waals surface area contributed by atoms with E-state index in [9.17, 15) is 9.59 Å². The first-order valence-electron chi connectivity index (χ1n) is 7.56. The van der Waals surface area contributed by atoms with Crippen LogP contribution in [0.1, 0.15) is 15.9 Å². The van der Waals surface area contributed by atoms with Crippen molar-refractivity contribution in [3.63, 3.8) is 0 Å². The number of hydrogen-bond donors (Lipinski definition) is 2. The molecule has 5 nitrogen and oxygen atoms in total. The minimum atomic E-state index is -0.599. The summed E-state index contributed by atoms with van der Waals surface area (Å²) in [5.41, 5.74) is 6.26. The summed E-state index contributed by atoms with van der Waals surface area (Å²) in [5, 5.41) is 4.68. The first kappa shape index (κ1) is 16.8. The number of ether oxygens (including phenoxy) is 1. The lowest BCUT2D eigenvalue weighted by Gasteiger charge is -2.09. The Balaban J connectivity index is 1.79. The standard InChI is InChI=1S/C19H15ClN2O3/c20-16-9-10-17(15-4-2-1-3-14(15)16)25-18(23)13-7-5-12(6-8-13)11-22-19(21)24/h1-10H,11H2,(H3,21,22,24). The van der Waals surface area contributed by atoms with Crippen molar-refractivity contribution >= 4 is 34.4 Å². The minimum absolute atomic E-state index is 0.298. The Bertz CT molecular complexity index is 939. The van der Waals surface area contributed by atoms with Crippen molar-refractivity contribution in [2.45, 2.75) is 6.54 Å². The fourth-order valence-electron chi connectivity index (χ4n) is 2.43. The van der Waals surface area contributed by atoms with Crippen molar-refractivity contribution in [1.29, 1.82) is 0 Å². The maximum absolute atomic E-state index is 12.4. The molecule has 0 aliphatic rings. The van der Waals surface area contributed by atoms with Crippen LogP contribution in [0.25, 0.3) is 10.8 Å². The first-order valence-corrected chi connectivity index (χ1v) is 7.94. The summed E-state index contributed by atoms with van der Waals surface area (Å²) in [7, 11) is 0. The molecule has 3 rings (SSSR count). The van der Waals surface area contributed by atoms with Crippen LogP contribution in [-0.4, -0.2) is 12.0 Å². The van der Waals surface area contributed by atoms with Crippen LogP contribution in [-0.2, 0) is 6.54 Å². The molecule has 3 N–H and O–H groups in total. The summed E-state index contributed by atoms with van der Waals surface area (Å²) in [6, 6.07) is 17.0. The van der Waals surface area contributed by atoms with E-state index in [4.69, 9.17) is 22.1 Å². The van der Waals surface area contributed by atoms with Gasteiger partial charge in [0.25, 0.3) is 0 Å². The lowest BCUT2D eigenvalue weighted by molar-refractivity contribution is 0.0737. The number of benzene rings is 3. The molecule has 0 bridgehead atoms. The quantitative estimate of drug-likeness (QED) is 0.551. The third-order valence-electron chi connectivity index (χ3n) is 3.69. The van der Waals surface area contributed by atoms with Gasteiger partial charge in [0.1, 0.15) is 5.75 Å². The van der Waals surface area contributed by atoms with E-state index in [2.05, 4.69) is 5.32 Å². The number of halogens is 1. The number of hydrogen-bond acceptors (Lipinski definition) is 3. The lowest BCUT2D eigenvalue weighted by Crippen LogP contribution is -2.28. The molecule has 0 aliphatic carbocycles. The predicted octanol–water partition coefficient (Wildman–Crippen LogP) is 3.88. The molecule has 0 aromatic heterocycles. The third-order valence-corrected chi connectivity index (χ3v) is 4.02. The highest BCUT2D eigenvalue weighted by atomic mass is 35.5. The Morgan fingerprint density at radius 2 is 1.64 bits per heavy atom. The molecule has 0 atom stereocenters. The Hall–Kier alpha value is -3.05. The monoisotopic (exact) mass is 354 g/mol. The van der Waals surface area contributed by atoms with E-state index in [-0.39, 0.29) is 0 Å². The second-order valence-corrected chi connectivity index (χ2v) is 5.80. The molecule has 3 aromatic rings. The maximum Gasteiger partial charge on any atom is 0.343 e.